The zero-order chi connectivity index (χ0) is 15.3. The summed E-state index contributed by atoms with van der Waals surface area (Å²) in [6, 6.07) is 2.05. The van der Waals surface area contributed by atoms with Gasteiger partial charge in [0.05, 0.1) is 12.5 Å². The van der Waals surface area contributed by atoms with E-state index in [0.29, 0.717) is 11.3 Å². The van der Waals surface area contributed by atoms with Gasteiger partial charge in [0.25, 0.3) is 0 Å². The lowest BCUT2D eigenvalue weighted by atomic mass is 9.65. The van der Waals surface area contributed by atoms with Gasteiger partial charge in [0.15, 0.2) is 0 Å². The first kappa shape index (κ1) is 16.1. The molecule has 1 heteroatoms. The fourth-order valence-electron chi connectivity index (χ4n) is 3.66. The van der Waals surface area contributed by atoms with Crippen LogP contribution in [0.3, 0.4) is 0 Å². The molecule has 0 radical (unpaired) electrons. The van der Waals surface area contributed by atoms with Crippen LogP contribution in [0.2, 0.25) is 0 Å². The van der Waals surface area contributed by atoms with E-state index in [9.17, 15) is 0 Å². The van der Waals surface area contributed by atoms with Gasteiger partial charge >= 0.3 is 0 Å². The van der Waals surface area contributed by atoms with Crippen molar-refractivity contribution in [3.63, 3.8) is 0 Å². The lowest BCUT2D eigenvalue weighted by Crippen LogP contribution is -2.29. The van der Waals surface area contributed by atoms with E-state index in [2.05, 4.69) is 39.5 Å². The van der Waals surface area contributed by atoms with Crippen LogP contribution in [0.5, 0.6) is 0 Å². The first-order valence-corrected chi connectivity index (χ1v) is 8.33. The third-order valence-corrected chi connectivity index (χ3v) is 5.09. The van der Waals surface area contributed by atoms with E-state index in [1.165, 1.54) is 48.8 Å². The number of furan rings is 1. The maximum Gasteiger partial charge on any atom is 0.0934 e. The van der Waals surface area contributed by atoms with Gasteiger partial charge in [0.1, 0.15) is 0 Å². The normalized spacial score (nSPS) is 22.5. The Morgan fingerprint density at radius 3 is 2.95 bits per heavy atom. The molecule has 1 nitrogen and oxygen atoms in total. The van der Waals surface area contributed by atoms with E-state index < -0.39 is 0 Å². The predicted molar refractivity (Wildman–Crippen MR) is 90.3 cm³/mol. The summed E-state index contributed by atoms with van der Waals surface area (Å²) >= 11 is 0. The topological polar surface area (TPSA) is 13.1 Å². The summed E-state index contributed by atoms with van der Waals surface area (Å²) in [6.07, 6.45) is 14.6. The summed E-state index contributed by atoms with van der Waals surface area (Å²) in [5.41, 5.74) is 4.73. The molecule has 0 unspecified atom stereocenters. The van der Waals surface area contributed by atoms with Crippen molar-refractivity contribution in [1.29, 1.82) is 0 Å². The average Bonchev–Trinajstić information content (AvgIpc) is 2.90. The maximum absolute atomic E-state index is 5.10. The minimum Gasteiger partial charge on any atom is -0.472 e. The fraction of sp³-hybridized carbons (Fsp3) is 0.600. The molecule has 1 heterocycles. The van der Waals surface area contributed by atoms with Gasteiger partial charge < -0.3 is 4.42 Å². The third kappa shape index (κ3) is 4.62. The Morgan fingerprint density at radius 1 is 1.48 bits per heavy atom. The Morgan fingerprint density at radius 2 is 2.29 bits per heavy atom. The van der Waals surface area contributed by atoms with Crippen LogP contribution >= 0.6 is 0 Å². The van der Waals surface area contributed by atoms with E-state index >= 15 is 0 Å². The molecular formula is C20H30O. The molecule has 0 amide bonds. The number of hydrogen-bond donors (Lipinski definition) is 0. The van der Waals surface area contributed by atoms with Crippen LogP contribution in [-0.4, -0.2) is 0 Å². The molecule has 1 aliphatic carbocycles. The summed E-state index contributed by atoms with van der Waals surface area (Å²) in [7, 11) is 0. The summed E-state index contributed by atoms with van der Waals surface area (Å²) in [6.45, 7) is 11.4. The van der Waals surface area contributed by atoms with Crippen LogP contribution in [0.1, 0.15) is 64.9 Å². The van der Waals surface area contributed by atoms with Crippen LogP contribution in [0.25, 0.3) is 0 Å². The molecule has 2 rings (SSSR count). The van der Waals surface area contributed by atoms with E-state index in [0.717, 1.165) is 12.8 Å². The minimum atomic E-state index is 0.437. The van der Waals surface area contributed by atoms with Crippen LogP contribution in [0.15, 0.2) is 46.8 Å². The Balaban J connectivity index is 1.79. The zero-order valence-electron chi connectivity index (χ0n) is 14.0. The highest BCUT2D eigenvalue weighted by Gasteiger charge is 2.33. The summed E-state index contributed by atoms with van der Waals surface area (Å²) in [5.74, 6) is 0.698. The van der Waals surface area contributed by atoms with Crippen molar-refractivity contribution in [3.8, 4) is 0 Å². The molecule has 1 saturated carbocycles. The molecule has 1 fully saturated rings. The Bertz CT molecular complexity index is 476. The highest BCUT2D eigenvalue weighted by Crippen LogP contribution is 2.45. The lowest BCUT2D eigenvalue weighted by Gasteiger charge is -2.40. The quantitative estimate of drug-likeness (QED) is 0.557. The van der Waals surface area contributed by atoms with Gasteiger partial charge in [-0.1, -0.05) is 37.6 Å². The average molecular weight is 286 g/mol. The largest absolute Gasteiger partial charge is 0.472 e. The molecule has 0 aromatic carbocycles. The van der Waals surface area contributed by atoms with Gasteiger partial charge in [0.2, 0.25) is 0 Å². The fourth-order valence-corrected chi connectivity index (χ4v) is 3.66. The van der Waals surface area contributed by atoms with Gasteiger partial charge in [-0.3, -0.25) is 0 Å². The van der Waals surface area contributed by atoms with Crippen molar-refractivity contribution in [3.05, 3.63) is 48.0 Å². The van der Waals surface area contributed by atoms with Crippen molar-refractivity contribution >= 4 is 0 Å². The van der Waals surface area contributed by atoms with Gasteiger partial charge in [-0.25, -0.2) is 0 Å². The Labute approximate surface area is 130 Å². The Hall–Kier alpha value is -1.24. The van der Waals surface area contributed by atoms with Gasteiger partial charge in [-0.15, -0.1) is 0 Å². The highest BCUT2D eigenvalue weighted by atomic mass is 16.3. The molecule has 116 valence electrons. The van der Waals surface area contributed by atoms with Crippen molar-refractivity contribution in [2.45, 2.75) is 65.7 Å². The molecule has 1 aliphatic rings. The highest BCUT2D eigenvalue weighted by molar-refractivity contribution is 5.12. The zero-order valence-corrected chi connectivity index (χ0v) is 14.0. The van der Waals surface area contributed by atoms with Crippen molar-refractivity contribution in [2.24, 2.45) is 11.3 Å². The standard InChI is InChI=1S/C20H30O/c1-16(7-5-9-18-12-14-21-15-18)10-11-19-17(2)8-6-13-20(19,3)4/h7,12,14-15,19H,2,5-6,8-11,13H2,1,3-4H3/b16-7+/t19-/m0/s1. The number of hydrogen-bond acceptors (Lipinski definition) is 1. The first-order chi connectivity index (χ1) is 9.99. The summed E-state index contributed by atoms with van der Waals surface area (Å²) in [5, 5.41) is 0. The van der Waals surface area contributed by atoms with Crippen LogP contribution < -0.4 is 0 Å². The van der Waals surface area contributed by atoms with Crippen molar-refractivity contribution < 1.29 is 4.42 Å². The molecule has 0 N–H and O–H groups in total. The SMILES string of the molecule is C=C1CCCC(C)(C)[C@H]1CC/C(C)=C/CCc1ccoc1. The van der Waals surface area contributed by atoms with E-state index in [-0.39, 0.29) is 0 Å². The summed E-state index contributed by atoms with van der Waals surface area (Å²) < 4.78 is 5.10. The first-order valence-electron chi connectivity index (χ1n) is 8.33. The predicted octanol–water partition coefficient (Wildman–Crippen LogP) is 6.32. The monoisotopic (exact) mass is 286 g/mol. The Kier molecular flexibility index (Phi) is 5.50. The number of aryl methyl sites for hydroxylation is 1. The second-order valence-corrected chi connectivity index (χ2v) is 7.31. The molecule has 0 spiro atoms. The van der Waals surface area contributed by atoms with Crippen LogP contribution in [-0.2, 0) is 6.42 Å². The van der Waals surface area contributed by atoms with Gasteiger partial charge in [-0.05, 0) is 74.8 Å². The summed E-state index contributed by atoms with van der Waals surface area (Å²) in [4.78, 5) is 0. The van der Waals surface area contributed by atoms with E-state index in [1.807, 2.05) is 6.26 Å². The van der Waals surface area contributed by atoms with Crippen LogP contribution in [0.4, 0.5) is 0 Å². The van der Waals surface area contributed by atoms with Gasteiger partial charge in [-0.2, -0.15) is 0 Å². The number of rotatable bonds is 6. The molecule has 1 aromatic rings. The van der Waals surface area contributed by atoms with E-state index in [4.69, 9.17) is 4.42 Å². The molecule has 0 aliphatic heterocycles. The smallest absolute Gasteiger partial charge is 0.0934 e. The van der Waals surface area contributed by atoms with E-state index in [1.54, 1.807) is 6.26 Å². The molecule has 0 bridgehead atoms. The van der Waals surface area contributed by atoms with Gasteiger partial charge in [0, 0.05) is 0 Å². The maximum atomic E-state index is 5.10. The second kappa shape index (κ2) is 7.15. The third-order valence-electron chi connectivity index (χ3n) is 5.09. The van der Waals surface area contributed by atoms with Crippen molar-refractivity contribution in [2.75, 3.05) is 0 Å². The molecule has 1 aromatic heterocycles. The van der Waals surface area contributed by atoms with Crippen LogP contribution in [0, 0.1) is 11.3 Å². The lowest BCUT2D eigenvalue weighted by molar-refractivity contribution is 0.180. The molecular weight excluding hydrogens is 256 g/mol. The molecule has 1 atom stereocenters. The number of allylic oxidation sites excluding steroid dienone is 3. The van der Waals surface area contributed by atoms with Crippen molar-refractivity contribution in [1.82, 2.24) is 0 Å². The minimum absolute atomic E-state index is 0.437. The molecule has 21 heavy (non-hydrogen) atoms. The second-order valence-electron chi connectivity index (χ2n) is 7.31. The molecule has 0 saturated heterocycles.